The molecule has 0 bridgehead atoms. The van der Waals surface area contributed by atoms with E-state index in [2.05, 4.69) is 5.32 Å². The number of piperazine rings is 1. The molecule has 2 saturated heterocycles. The van der Waals surface area contributed by atoms with Crippen molar-refractivity contribution < 1.29 is 18.8 Å². The van der Waals surface area contributed by atoms with Crippen molar-refractivity contribution in [1.29, 1.82) is 0 Å². The Morgan fingerprint density at radius 2 is 1.70 bits per heavy atom. The van der Waals surface area contributed by atoms with E-state index in [4.69, 9.17) is 0 Å². The summed E-state index contributed by atoms with van der Waals surface area (Å²) in [5.41, 5.74) is 0.563. The highest BCUT2D eigenvalue weighted by molar-refractivity contribution is 5.92. The number of nitrogens with one attached hydrogen (secondary N) is 1. The van der Waals surface area contributed by atoms with Crippen LogP contribution in [0.15, 0.2) is 24.3 Å². The summed E-state index contributed by atoms with van der Waals surface area (Å²) in [5.74, 6) is -0.450. The Morgan fingerprint density at radius 3 is 2.33 bits per heavy atom. The number of piperidine rings is 1. The Morgan fingerprint density at radius 1 is 1.03 bits per heavy atom. The predicted octanol–water partition coefficient (Wildman–Crippen LogP) is 1.80. The van der Waals surface area contributed by atoms with Crippen LogP contribution in [0.1, 0.15) is 26.7 Å². The van der Waals surface area contributed by atoms with Gasteiger partial charge in [-0.15, -0.1) is 0 Å². The van der Waals surface area contributed by atoms with Crippen LogP contribution in [0.5, 0.6) is 0 Å². The molecule has 0 saturated carbocycles. The quantitative estimate of drug-likeness (QED) is 0.792. The van der Waals surface area contributed by atoms with Gasteiger partial charge in [0.05, 0.1) is 12.5 Å². The van der Waals surface area contributed by atoms with Crippen LogP contribution in [0.3, 0.4) is 0 Å². The number of rotatable bonds is 5. The average molecular weight is 419 g/mol. The number of carbonyl (C=O) groups is 3. The first-order valence-electron chi connectivity index (χ1n) is 10.7. The van der Waals surface area contributed by atoms with Crippen LogP contribution in [-0.4, -0.2) is 78.2 Å². The molecule has 0 spiro atoms. The number of amides is 3. The lowest BCUT2D eigenvalue weighted by molar-refractivity contribution is -0.143. The molecule has 2 heterocycles. The molecule has 1 N–H and O–H groups in total. The topological polar surface area (TPSA) is 73.0 Å². The van der Waals surface area contributed by atoms with Gasteiger partial charge < -0.3 is 15.1 Å². The van der Waals surface area contributed by atoms with Crippen LogP contribution in [0.2, 0.25) is 0 Å². The molecule has 1 aromatic rings. The molecule has 3 amide bonds. The number of halogens is 1. The molecular weight excluding hydrogens is 387 g/mol. The average Bonchev–Trinajstić information content (AvgIpc) is 2.75. The maximum Gasteiger partial charge on any atom is 0.238 e. The van der Waals surface area contributed by atoms with Gasteiger partial charge in [-0.05, 0) is 37.1 Å². The van der Waals surface area contributed by atoms with Crippen LogP contribution in [0, 0.1) is 17.7 Å². The van der Waals surface area contributed by atoms with Crippen LogP contribution < -0.4 is 5.32 Å². The van der Waals surface area contributed by atoms with E-state index in [0.717, 1.165) is 19.4 Å². The van der Waals surface area contributed by atoms with E-state index in [9.17, 15) is 18.8 Å². The van der Waals surface area contributed by atoms with Crippen LogP contribution in [-0.2, 0) is 14.4 Å². The molecule has 1 atom stereocenters. The van der Waals surface area contributed by atoms with Crippen molar-refractivity contribution >= 4 is 23.4 Å². The zero-order valence-corrected chi connectivity index (χ0v) is 17.8. The number of likely N-dealkylation sites (tertiary alicyclic amines) is 1. The molecule has 7 nitrogen and oxygen atoms in total. The fourth-order valence-electron chi connectivity index (χ4n) is 4.07. The number of benzene rings is 1. The second-order valence-corrected chi connectivity index (χ2v) is 8.43. The van der Waals surface area contributed by atoms with Crippen molar-refractivity contribution in [2.45, 2.75) is 26.7 Å². The highest BCUT2D eigenvalue weighted by Crippen LogP contribution is 2.21. The molecule has 2 aliphatic heterocycles. The first-order chi connectivity index (χ1) is 14.3. The highest BCUT2D eigenvalue weighted by Gasteiger charge is 2.33. The van der Waals surface area contributed by atoms with Crippen LogP contribution in [0.25, 0.3) is 0 Å². The van der Waals surface area contributed by atoms with Gasteiger partial charge in [0.15, 0.2) is 0 Å². The van der Waals surface area contributed by atoms with Crippen molar-refractivity contribution in [2.24, 2.45) is 11.8 Å². The van der Waals surface area contributed by atoms with Crippen molar-refractivity contribution in [2.75, 3.05) is 51.1 Å². The van der Waals surface area contributed by atoms with Gasteiger partial charge in [0.25, 0.3) is 0 Å². The van der Waals surface area contributed by atoms with Gasteiger partial charge in [0, 0.05) is 50.9 Å². The molecule has 0 aliphatic carbocycles. The third-order valence-electron chi connectivity index (χ3n) is 5.76. The fourth-order valence-corrected chi connectivity index (χ4v) is 4.07. The zero-order valence-electron chi connectivity index (χ0n) is 17.8. The minimum atomic E-state index is -0.344. The van der Waals surface area contributed by atoms with Gasteiger partial charge in [-0.25, -0.2) is 4.39 Å². The van der Waals surface area contributed by atoms with Gasteiger partial charge in [-0.1, -0.05) is 13.8 Å². The second kappa shape index (κ2) is 10.0. The standard InChI is InChI=1S/C22H31FN4O3/c1-16(2)21(29)27-9-3-4-17(14-27)22(30)26-12-10-25(11-13-26)15-20(28)24-19-7-5-18(23)6-8-19/h5-8,16-17H,3-4,9-15H2,1-2H3,(H,24,28). The maximum atomic E-state index is 13.0. The summed E-state index contributed by atoms with van der Waals surface area (Å²) in [6.07, 6.45) is 1.68. The number of nitrogens with zero attached hydrogens (tertiary/aromatic N) is 3. The molecule has 1 aromatic carbocycles. The molecule has 8 heteroatoms. The number of hydrogen-bond acceptors (Lipinski definition) is 4. The lowest BCUT2D eigenvalue weighted by atomic mass is 9.95. The third kappa shape index (κ3) is 5.78. The van der Waals surface area contributed by atoms with Crippen LogP contribution >= 0.6 is 0 Å². The first-order valence-corrected chi connectivity index (χ1v) is 10.7. The van der Waals surface area contributed by atoms with E-state index in [-0.39, 0.29) is 41.9 Å². The smallest absolute Gasteiger partial charge is 0.238 e. The van der Waals surface area contributed by atoms with Crippen molar-refractivity contribution in [3.05, 3.63) is 30.1 Å². The summed E-state index contributed by atoms with van der Waals surface area (Å²) < 4.78 is 13.0. The summed E-state index contributed by atoms with van der Waals surface area (Å²) >= 11 is 0. The monoisotopic (exact) mass is 418 g/mol. The molecule has 2 aliphatic rings. The summed E-state index contributed by atoms with van der Waals surface area (Å²) in [6, 6.07) is 5.67. The molecule has 3 rings (SSSR count). The van der Waals surface area contributed by atoms with E-state index >= 15 is 0 Å². The number of carbonyl (C=O) groups excluding carboxylic acids is 3. The molecule has 0 aromatic heterocycles. The first kappa shape index (κ1) is 22.2. The number of hydrogen-bond donors (Lipinski definition) is 1. The van der Waals surface area contributed by atoms with E-state index in [1.54, 1.807) is 0 Å². The van der Waals surface area contributed by atoms with E-state index in [1.807, 2.05) is 28.5 Å². The summed E-state index contributed by atoms with van der Waals surface area (Å²) in [7, 11) is 0. The molecule has 1 unspecified atom stereocenters. The fraction of sp³-hybridized carbons (Fsp3) is 0.591. The normalized spacial score (nSPS) is 20.3. The largest absolute Gasteiger partial charge is 0.342 e. The molecule has 30 heavy (non-hydrogen) atoms. The Kier molecular flexibility index (Phi) is 7.42. The Bertz CT molecular complexity index is 760. The SMILES string of the molecule is CC(C)C(=O)N1CCCC(C(=O)N2CCN(CC(=O)Nc3ccc(F)cc3)CC2)C1. The molecular formula is C22H31FN4O3. The lowest BCUT2D eigenvalue weighted by Gasteiger charge is -2.39. The maximum absolute atomic E-state index is 13.0. The van der Waals surface area contributed by atoms with Gasteiger partial charge in [-0.2, -0.15) is 0 Å². The Balaban J connectivity index is 1.44. The summed E-state index contributed by atoms with van der Waals surface area (Å²) in [5, 5.41) is 2.76. The van der Waals surface area contributed by atoms with E-state index in [1.165, 1.54) is 24.3 Å². The zero-order chi connectivity index (χ0) is 21.7. The van der Waals surface area contributed by atoms with Gasteiger partial charge in [0.1, 0.15) is 5.82 Å². The van der Waals surface area contributed by atoms with Crippen molar-refractivity contribution in [1.82, 2.24) is 14.7 Å². The van der Waals surface area contributed by atoms with Gasteiger partial charge >= 0.3 is 0 Å². The molecule has 164 valence electrons. The van der Waals surface area contributed by atoms with E-state index in [0.29, 0.717) is 38.4 Å². The van der Waals surface area contributed by atoms with Crippen molar-refractivity contribution in [3.8, 4) is 0 Å². The van der Waals surface area contributed by atoms with Gasteiger partial charge in [-0.3, -0.25) is 19.3 Å². The lowest BCUT2D eigenvalue weighted by Crippen LogP contribution is -2.54. The minimum Gasteiger partial charge on any atom is -0.342 e. The van der Waals surface area contributed by atoms with Crippen molar-refractivity contribution in [3.63, 3.8) is 0 Å². The highest BCUT2D eigenvalue weighted by atomic mass is 19.1. The predicted molar refractivity (Wildman–Crippen MR) is 112 cm³/mol. The Labute approximate surface area is 177 Å². The third-order valence-corrected chi connectivity index (χ3v) is 5.76. The minimum absolute atomic E-state index is 0.0524. The summed E-state index contributed by atoms with van der Waals surface area (Å²) in [4.78, 5) is 43.1. The van der Waals surface area contributed by atoms with Crippen LogP contribution in [0.4, 0.5) is 10.1 Å². The van der Waals surface area contributed by atoms with Gasteiger partial charge in [0.2, 0.25) is 17.7 Å². The Hall–Kier alpha value is -2.48. The second-order valence-electron chi connectivity index (χ2n) is 8.43. The van der Waals surface area contributed by atoms with E-state index < -0.39 is 0 Å². The molecule has 2 fully saturated rings. The summed E-state index contributed by atoms with van der Waals surface area (Å²) in [6.45, 7) is 7.67. The molecule has 0 radical (unpaired) electrons. The number of anilines is 1.